The van der Waals surface area contributed by atoms with Gasteiger partial charge in [-0.05, 0) is 105 Å². The van der Waals surface area contributed by atoms with Crippen LogP contribution in [0.1, 0.15) is 109 Å². The van der Waals surface area contributed by atoms with Gasteiger partial charge in [0.05, 0.1) is 0 Å². The molecule has 8 rings (SSSR count). The molecule has 7 aromatic carbocycles. The maximum absolute atomic E-state index is 5.48. The summed E-state index contributed by atoms with van der Waals surface area (Å²) in [6, 6.07) is 66.1. The minimum Gasteiger partial charge on any atom is -0.368 e. The Kier molecular flexibility index (Phi) is 35.0. The zero-order valence-electron chi connectivity index (χ0n) is 43.1. The van der Waals surface area contributed by atoms with Gasteiger partial charge in [0.1, 0.15) is 0 Å². The molecule has 0 atom stereocenters. The zero-order valence-corrected chi connectivity index (χ0v) is 43.1. The standard InChI is InChI=1S/2C16H18.C7H14N6.3C7H8.C2H6.2CH4/c2*1-3-13-5-9-15(10-6-13)16-11-7-14(4-2)8-12-16;1-3-9-6-11-5(8)12-7(13-6)10-4-2;3*1-7-5-3-2-4-6-7;1-2;;/h2*5-12H,3-4H2,1-2H3;3-4H2,1-2H3,(H4,8,9,10,11,12,13);3*2-6H,1H3;1-2H3;2*1H4. The first kappa shape index (κ1) is 63.0. The van der Waals surface area contributed by atoms with Gasteiger partial charge in [-0.2, -0.15) is 15.0 Å². The maximum atomic E-state index is 5.48. The topological polar surface area (TPSA) is 88.8 Å². The van der Waals surface area contributed by atoms with Crippen LogP contribution in [0.15, 0.2) is 188 Å². The molecule has 0 radical (unpaired) electrons. The molecule has 0 spiro atoms. The van der Waals surface area contributed by atoms with Gasteiger partial charge in [0.15, 0.2) is 0 Å². The molecule has 4 N–H and O–H groups in total. The van der Waals surface area contributed by atoms with Gasteiger partial charge in [-0.1, -0.05) is 261 Å². The summed E-state index contributed by atoms with van der Waals surface area (Å²) in [5.41, 5.74) is 20.3. The Bertz CT molecular complexity index is 2120. The van der Waals surface area contributed by atoms with E-state index >= 15 is 0 Å². The quantitative estimate of drug-likeness (QED) is 0.127. The third-order valence-electron chi connectivity index (χ3n) is 10.3. The van der Waals surface area contributed by atoms with Gasteiger partial charge in [0.25, 0.3) is 0 Å². The van der Waals surface area contributed by atoms with E-state index in [-0.39, 0.29) is 20.8 Å². The van der Waals surface area contributed by atoms with E-state index < -0.39 is 0 Å². The van der Waals surface area contributed by atoms with Crippen LogP contribution in [0.3, 0.4) is 0 Å². The fraction of sp³-hybridized carbons (Fsp3) is 0.297. The number of rotatable bonds is 10. The average Bonchev–Trinajstić information content (AvgIpc) is 3.39. The van der Waals surface area contributed by atoms with E-state index in [1.807, 2.05) is 82.3 Å². The smallest absolute Gasteiger partial charge is 0.229 e. The molecule has 0 fully saturated rings. The number of aryl methyl sites for hydroxylation is 7. The number of hydrogen-bond donors (Lipinski definition) is 3. The van der Waals surface area contributed by atoms with E-state index in [4.69, 9.17) is 5.73 Å². The third-order valence-corrected chi connectivity index (χ3v) is 10.3. The van der Waals surface area contributed by atoms with Crippen molar-refractivity contribution in [2.75, 3.05) is 29.5 Å². The lowest BCUT2D eigenvalue weighted by molar-refractivity contribution is 1.01. The lowest BCUT2D eigenvalue weighted by atomic mass is 10.0. The number of hydrogen-bond acceptors (Lipinski definition) is 6. The molecule has 8 aromatic rings. The van der Waals surface area contributed by atoms with E-state index in [2.05, 4.69) is 208 Å². The van der Waals surface area contributed by atoms with E-state index in [9.17, 15) is 0 Å². The zero-order chi connectivity index (χ0) is 49.8. The SMILES string of the molecule is C.C.CC.CCNc1nc(N)nc(NCC)n1.CCc1ccc(-c2ccc(CC)cc2)cc1.CCc1ccc(-c2ccc(CC)cc2)cc1.Cc1ccccc1.Cc1ccccc1.Cc1ccccc1. The fourth-order valence-electron chi connectivity index (χ4n) is 6.20. The highest BCUT2D eigenvalue weighted by Gasteiger charge is 2.02. The van der Waals surface area contributed by atoms with Crippen molar-refractivity contribution in [3.8, 4) is 22.3 Å². The molecule has 6 nitrogen and oxygen atoms in total. The van der Waals surface area contributed by atoms with Crippen LogP contribution in [0.4, 0.5) is 17.8 Å². The maximum Gasteiger partial charge on any atom is 0.229 e. The Labute approximate surface area is 426 Å². The summed E-state index contributed by atoms with van der Waals surface area (Å²) in [5, 5.41) is 5.93. The molecule has 374 valence electrons. The number of nitrogen functional groups attached to an aromatic ring is 1. The highest BCUT2D eigenvalue weighted by Crippen LogP contribution is 2.22. The van der Waals surface area contributed by atoms with E-state index in [1.165, 1.54) is 61.2 Å². The summed E-state index contributed by atoms with van der Waals surface area (Å²) in [7, 11) is 0. The second-order valence-electron chi connectivity index (χ2n) is 15.6. The van der Waals surface area contributed by atoms with Crippen molar-refractivity contribution < 1.29 is 0 Å². The number of nitrogens with one attached hydrogen (secondary N) is 2. The highest BCUT2D eigenvalue weighted by atomic mass is 15.2. The Morgan fingerprint density at radius 2 is 0.543 bits per heavy atom. The second kappa shape index (κ2) is 38.9. The molecular weight excluding hydrogens is 853 g/mol. The highest BCUT2D eigenvalue weighted by molar-refractivity contribution is 5.65. The van der Waals surface area contributed by atoms with Gasteiger partial charge in [-0.15, -0.1) is 0 Å². The first-order valence-electron chi connectivity index (χ1n) is 24.5. The van der Waals surface area contributed by atoms with Crippen LogP contribution in [0.2, 0.25) is 0 Å². The largest absolute Gasteiger partial charge is 0.368 e. The summed E-state index contributed by atoms with van der Waals surface area (Å²) >= 11 is 0. The molecule has 0 aliphatic carbocycles. The number of nitrogens with zero attached hydrogens (tertiary/aromatic N) is 3. The van der Waals surface area contributed by atoms with Crippen molar-refractivity contribution in [3.05, 3.63) is 227 Å². The molecule has 0 saturated carbocycles. The number of benzene rings is 7. The van der Waals surface area contributed by atoms with Crippen molar-refractivity contribution in [2.45, 2.75) is 117 Å². The first-order chi connectivity index (χ1) is 33.1. The van der Waals surface area contributed by atoms with Crippen LogP contribution in [0.5, 0.6) is 0 Å². The Balaban J connectivity index is 0.000000832. The monoisotopic (exact) mass is 941 g/mol. The van der Waals surface area contributed by atoms with Gasteiger partial charge >= 0.3 is 0 Å². The molecule has 0 saturated heterocycles. The van der Waals surface area contributed by atoms with Crippen LogP contribution in [-0.4, -0.2) is 28.0 Å². The molecule has 0 amide bonds. The van der Waals surface area contributed by atoms with Crippen molar-refractivity contribution in [1.82, 2.24) is 15.0 Å². The molecule has 1 heterocycles. The van der Waals surface area contributed by atoms with E-state index in [1.54, 1.807) is 0 Å². The lowest BCUT2D eigenvalue weighted by Gasteiger charge is -2.05. The molecule has 6 heteroatoms. The summed E-state index contributed by atoms with van der Waals surface area (Å²) in [6.45, 7) is 24.4. The van der Waals surface area contributed by atoms with Crippen LogP contribution >= 0.6 is 0 Å². The number of nitrogens with two attached hydrogens (primary N) is 1. The Hall–Kier alpha value is -7.05. The normalized spacial score (nSPS) is 9.24. The minimum absolute atomic E-state index is 0. The van der Waals surface area contributed by atoms with Crippen molar-refractivity contribution in [3.63, 3.8) is 0 Å². The second-order valence-corrected chi connectivity index (χ2v) is 15.6. The molecular formula is C64H88N6. The van der Waals surface area contributed by atoms with Crippen LogP contribution in [-0.2, 0) is 25.7 Å². The number of aromatic nitrogens is 3. The lowest BCUT2D eigenvalue weighted by Crippen LogP contribution is -2.10. The summed E-state index contributed by atoms with van der Waals surface area (Å²) < 4.78 is 0. The Morgan fingerprint density at radius 1 is 0.329 bits per heavy atom. The summed E-state index contributed by atoms with van der Waals surface area (Å²) in [6.07, 6.45) is 4.42. The van der Waals surface area contributed by atoms with Crippen molar-refractivity contribution >= 4 is 17.8 Å². The predicted octanol–water partition coefficient (Wildman–Crippen LogP) is 17.6. The van der Waals surface area contributed by atoms with Gasteiger partial charge < -0.3 is 16.4 Å². The Morgan fingerprint density at radius 3 is 0.700 bits per heavy atom. The van der Waals surface area contributed by atoms with E-state index in [0.29, 0.717) is 11.9 Å². The third kappa shape index (κ3) is 26.5. The van der Waals surface area contributed by atoms with Crippen LogP contribution in [0.25, 0.3) is 22.3 Å². The summed E-state index contributed by atoms with van der Waals surface area (Å²) in [4.78, 5) is 11.9. The minimum atomic E-state index is 0. The predicted molar refractivity (Wildman–Crippen MR) is 312 cm³/mol. The number of anilines is 3. The van der Waals surface area contributed by atoms with Crippen molar-refractivity contribution in [2.24, 2.45) is 0 Å². The molecule has 0 aliphatic heterocycles. The van der Waals surface area contributed by atoms with Gasteiger partial charge in [-0.3, -0.25) is 0 Å². The molecule has 0 unspecified atom stereocenters. The molecule has 1 aromatic heterocycles. The first-order valence-corrected chi connectivity index (χ1v) is 24.5. The molecule has 0 aliphatic rings. The van der Waals surface area contributed by atoms with Gasteiger partial charge in [-0.25, -0.2) is 0 Å². The van der Waals surface area contributed by atoms with Gasteiger partial charge in [0.2, 0.25) is 17.8 Å². The van der Waals surface area contributed by atoms with Crippen LogP contribution < -0.4 is 16.4 Å². The van der Waals surface area contributed by atoms with Gasteiger partial charge in [0, 0.05) is 13.1 Å². The van der Waals surface area contributed by atoms with E-state index in [0.717, 1.165) is 38.8 Å². The van der Waals surface area contributed by atoms with Crippen molar-refractivity contribution in [1.29, 1.82) is 0 Å². The van der Waals surface area contributed by atoms with Crippen LogP contribution in [0, 0.1) is 20.8 Å². The molecule has 70 heavy (non-hydrogen) atoms. The summed E-state index contributed by atoms with van der Waals surface area (Å²) in [5.74, 6) is 1.24. The molecule has 0 bridgehead atoms. The fourth-order valence-corrected chi connectivity index (χ4v) is 6.20. The average molecular weight is 941 g/mol.